The quantitative estimate of drug-likeness (QED) is 0.483. The standard InChI is InChI=1S/C29H35FN6O2/c1-4-26(37)35-11-6-5-7-24(18-35)36-27-19(2)13-21(16-34-12-9-23(30)17-34)15-25(27)32-29(36)33-28(38)22-8-10-31-20(3)14-22/h4,8,10,13-15,23-24H,1,5-7,9,11-12,16-18H2,2-3H3,(H,32,33,38)/t23-,24-/m1/s1. The van der Waals surface area contributed by atoms with Crippen molar-refractivity contribution in [1.82, 2.24) is 24.3 Å². The van der Waals surface area contributed by atoms with Gasteiger partial charge in [-0.3, -0.25) is 24.8 Å². The minimum Gasteiger partial charge on any atom is -0.337 e. The number of nitrogens with zero attached hydrogens (tertiary/aromatic N) is 5. The number of halogens is 1. The molecule has 2 atom stereocenters. The molecule has 8 nitrogen and oxygen atoms in total. The smallest absolute Gasteiger partial charge is 0.258 e. The van der Waals surface area contributed by atoms with Crippen molar-refractivity contribution in [3.8, 4) is 0 Å². The first-order valence-electron chi connectivity index (χ1n) is 13.4. The normalized spacial score (nSPS) is 20.4. The van der Waals surface area contributed by atoms with Crippen molar-refractivity contribution in [3.05, 3.63) is 65.5 Å². The molecule has 4 heterocycles. The Balaban J connectivity index is 1.55. The first-order chi connectivity index (χ1) is 18.3. The lowest BCUT2D eigenvalue weighted by Crippen LogP contribution is -2.34. The van der Waals surface area contributed by atoms with Crippen LogP contribution in [0.5, 0.6) is 0 Å². The van der Waals surface area contributed by atoms with Gasteiger partial charge in [0.15, 0.2) is 0 Å². The zero-order valence-corrected chi connectivity index (χ0v) is 22.1. The van der Waals surface area contributed by atoms with Crippen molar-refractivity contribution in [2.45, 2.75) is 58.3 Å². The number of likely N-dealkylation sites (tertiary alicyclic amines) is 2. The summed E-state index contributed by atoms with van der Waals surface area (Å²) in [7, 11) is 0. The van der Waals surface area contributed by atoms with Gasteiger partial charge in [0.05, 0.1) is 17.1 Å². The Labute approximate surface area is 222 Å². The third-order valence-corrected chi connectivity index (χ3v) is 7.54. The van der Waals surface area contributed by atoms with E-state index in [2.05, 4.69) is 32.4 Å². The van der Waals surface area contributed by atoms with Gasteiger partial charge < -0.3 is 9.47 Å². The molecule has 2 aliphatic rings. The lowest BCUT2D eigenvalue weighted by Gasteiger charge is -2.26. The zero-order chi connectivity index (χ0) is 26.8. The number of fused-ring (bicyclic) bond motifs is 1. The van der Waals surface area contributed by atoms with Crippen molar-refractivity contribution < 1.29 is 14.0 Å². The minimum absolute atomic E-state index is 0.0590. The number of benzene rings is 1. The van der Waals surface area contributed by atoms with E-state index in [0.29, 0.717) is 44.1 Å². The van der Waals surface area contributed by atoms with E-state index in [1.807, 2.05) is 24.8 Å². The number of amides is 2. The topological polar surface area (TPSA) is 83.4 Å². The fraction of sp³-hybridized carbons (Fsp3) is 0.448. The van der Waals surface area contributed by atoms with Gasteiger partial charge in [-0.1, -0.05) is 12.6 Å². The number of carbonyl (C=O) groups is 2. The molecule has 0 bridgehead atoms. The Kier molecular flexibility index (Phi) is 7.56. The lowest BCUT2D eigenvalue weighted by atomic mass is 10.1. The molecule has 9 heteroatoms. The van der Waals surface area contributed by atoms with Gasteiger partial charge >= 0.3 is 0 Å². The van der Waals surface area contributed by atoms with E-state index in [1.165, 1.54) is 6.08 Å². The summed E-state index contributed by atoms with van der Waals surface area (Å²) in [6, 6.07) is 7.54. The van der Waals surface area contributed by atoms with Crippen LogP contribution < -0.4 is 5.32 Å². The summed E-state index contributed by atoms with van der Waals surface area (Å²) in [6.07, 6.45) is 5.51. The van der Waals surface area contributed by atoms with Crippen LogP contribution in [0.2, 0.25) is 0 Å². The van der Waals surface area contributed by atoms with Gasteiger partial charge in [0.2, 0.25) is 11.9 Å². The van der Waals surface area contributed by atoms with Crippen LogP contribution in [0.1, 0.15) is 58.9 Å². The summed E-state index contributed by atoms with van der Waals surface area (Å²) in [5.74, 6) is 0.112. The number of aryl methyl sites for hydroxylation is 2. The molecule has 5 rings (SSSR count). The molecular formula is C29H35FN6O2. The van der Waals surface area contributed by atoms with E-state index in [-0.39, 0.29) is 17.9 Å². The number of rotatable bonds is 6. The Morgan fingerprint density at radius 1 is 1.16 bits per heavy atom. The lowest BCUT2D eigenvalue weighted by molar-refractivity contribution is -0.126. The average Bonchev–Trinajstić information content (AvgIpc) is 3.36. The van der Waals surface area contributed by atoms with Gasteiger partial charge in [-0.2, -0.15) is 0 Å². The van der Waals surface area contributed by atoms with Crippen molar-refractivity contribution >= 4 is 28.8 Å². The van der Waals surface area contributed by atoms with Crippen molar-refractivity contribution in [2.75, 3.05) is 31.5 Å². The molecular weight excluding hydrogens is 483 g/mol. The number of hydrogen-bond donors (Lipinski definition) is 1. The number of hydrogen-bond acceptors (Lipinski definition) is 5. The molecule has 200 valence electrons. The molecule has 2 aliphatic heterocycles. The van der Waals surface area contributed by atoms with E-state index in [0.717, 1.165) is 53.7 Å². The number of imidazole rings is 1. The van der Waals surface area contributed by atoms with E-state index < -0.39 is 6.17 Å². The monoisotopic (exact) mass is 518 g/mol. The number of aromatic nitrogens is 3. The summed E-state index contributed by atoms with van der Waals surface area (Å²) in [4.78, 5) is 38.9. The maximum atomic E-state index is 13.8. The summed E-state index contributed by atoms with van der Waals surface area (Å²) < 4.78 is 15.9. The zero-order valence-electron chi connectivity index (χ0n) is 22.1. The van der Waals surface area contributed by atoms with Gasteiger partial charge in [-0.15, -0.1) is 0 Å². The third kappa shape index (κ3) is 5.48. The second-order valence-corrected chi connectivity index (χ2v) is 10.5. The predicted octanol–water partition coefficient (Wildman–Crippen LogP) is 4.58. The van der Waals surface area contributed by atoms with Crippen molar-refractivity contribution in [2.24, 2.45) is 0 Å². The molecule has 2 aromatic heterocycles. The second-order valence-electron chi connectivity index (χ2n) is 10.5. The van der Waals surface area contributed by atoms with Crippen LogP contribution >= 0.6 is 0 Å². The molecule has 0 aliphatic carbocycles. The number of nitrogens with one attached hydrogen (secondary N) is 1. The Morgan fingerprint density at radius 3 is 2.74 bits per heavy atom. The van der Waals surface area contributed by atoms with Gasteiger partial charge in [-0.05, 0) is 74.9 Å². The van der Waals surface area contributed by atoms with Gasteiger partial charge in [0.1, 0.15) is 6.17 Å². The van der Waals surface area contributed by atoms with Crippen LogP contribution in [0.4, 0.5) is 10.3 Å². The Hall–Kier alpha value is -3.59. The van der Waals surface area contributed by atoms with Crippen LogP contribution in [0.15, 0.2) is 43.1 Å². The van der Waals surface area contributed by atoms with E-state index in [9.17, 15) is 14.0 Å². The largest absolute Gasteiger partial charge is 0.337 e. The van der Waals surface area contributed by atoms with Gasteiger partial charge in [-0.25, -0.2) is 9.37 Å². The second kappa shape index (κ2) is 11.0. The van der Waals surface area contributed by atoms with Crippen LogP contribution in [0.3, 0.4) is 0 Å². The molecule has 0 unspecified atom stereocenters. The highest BCUT2D eigenvalue weighted by atomic mass is 19.1. The van der Waals surface area contributed by atoms with Gasteiger partial charge in [0.25, 0.3) is 5.91 Å². The summed E-state index contributed by atoms with van der Waals surface area (Å²) in [5.41, 5.74) is 5.09. The number of anilines is 1. The van der Waals surface area contributed by atoms with Crippen LogP contribution in [0, 0.1) is 13.8 Å². The number of pyridine rings is 1. The third-order valence-electron chi connectivity index (χ3n) is 7.54. The molecule has 2 saturated heterocycles. The number of carbonyl (C=O) groups excluding carboxylic acids is 2. The summed E-state index contributed by atoms with van der Waals surface area (Å²) >= 11 is 0. The molecule has 0 spiro atoms. The molecule has 38 heavy (non-hydrogen) atoms. The van der Waals surface area contributed by atoms with E-state index in [1.54, 1.807) is 18.3 Å². The minimum atomic E-state index is -0.769. The van der Waals surface area contributed by atoms with Gasteiger partial charge in [0, 0.05) is 50.2 Å². The van der Waals surface area contributed by atoms with Crippen molar-refractivity contribution in [1.29, 1.82) is 0 Å². The Bertz CT molecular complexity index is 1370. The first-order valence-corrected chi connectivity index (χ1v) is 13.4. The van der Waals surface area contributed by atoms with Crippen LogP contribution in [-0.4, -0.2) is 68.5 Å². The molecule has 1 aromatic carbocycles. The predicted molar refractivity (Wildman–Crippen MR) is 146 cm³/mol. The fourth-order valence-electron chi connectivity index (χ4n) is 5.75. The van der Waals surface area contributed by atoms with Crippen molar-refractivity contribution in [3.63, 3.8) is 0 Å². The molecule has 2 amide bonds. The maximum absolute atomic E-state index is 13.8. The molecule has 1 N–H and O–H groups in total. The molecule has 0 radical (unpaired) electrons. The average molecular weight is 519 g/mol. The maximum Gasteiger partial charge on any atom is 0.258 e. The molecule has 2 fully saturated rings. The van der Waals surface area contributed by atoms with Crippen LogP contribution in [0.25, 0.3) is 11.0 Å². The summed E-state index contributed by atoms with van der Waals surface area (Å²) in [5, 5.41) is 3.05. The number of alkyl halides is 1. The highest BCUT2D eigenvalue weighted by Gasteiger charge is 2.28. The van der Waals surface area contributed by atoms with Crippen LogP contribution in [-0.2, 0) is 11.3 Å². The highest BCUT2D eigenvalue weighted by molar-refractivity contribution is 6.04. The molecule has 0 saturated carbocycles. The van der Waals surface area contributed by atoms with E-state index >= 15 is 0 Å². The SMILES string of the molecule is C=CC(=O)N1CCCC[C@@H](n2c(NC(=O)c3ccnc(C)c3)nc3cc(CN4CC[C@@H](F)C4)cc(C)c32)C1. The molecule has 3 aromatic rings. The Morgan fingerprint density at radius 2 is 2.00 bits per heavy atom. The van der Waals surface area contributed by atoms with E-state index in [4.69, 9.17) is 4.98 Å². The highest BCUT2D eigenvalue weighted by Crippen LogP contribution is 2.33. The summed E-state index contributed by atoms with van der Waals surface area (Å²) in [6.45, 7) is 10.6. The fourth-order valence-corrected chi connectivity index (χ4v) is 5.75. The first kappa shape index (κ1) is 26.0.